The molecule has 5 nitrogen and oxygen atoms in total. The average Bonchev–Trinajstić information content (AvgIpc) is 2.39. The van der Waals surface area contributed by atoms with Crippen LogP contribution in [0.2, 0.25) is 0 Å². The number of nitrogens with zero attached hydrogens (tertiary/aromatic N) is 3. The molecule has 2 N–H and O–H groups in total. The first kappa shape index (κ1) is 16.2. The van der Waals surface area contributed by atoms with Crippen LogP contribution in [0.15, 0.2) is 24.4 Å². The second kappa shape index (κ2) is 6.30. The van der Waals surface area contributed by atoms with Gasteiger partial charge < -0.3 is 10.6 Å². The highest BCUT2D eigenvalue weighted by Gasteiger charge is 2.13. The number of para-hydroxylation sites is 1. The number of aromatic nitrogens is 3. The largest absolute Gasteiger partial charge is 0.364 e. The molecule has 118 valence electrons. The van der Waals surface area contributed by atoms with Crippen molar-refractivity contribution in [1.29, 1.82) is 0 Å². The van der Waals surface area contributed by atoms with Crippen molar-refractivity contribution in [3.05, 3.63) is 35.5 Å². The van der Waals surface area contributed by atoms with Gasteiger partial charge in [0.15, 0.2) is 5.82 Å². The fourth-order valence-electron chi connectivity index (χ4n) is 2.26. The summed E-state index contributed by atoms with van der Waals surface area (Å²) in [5.74, 6) is 1.64. The minimum Gasteiger partial charge on any atom is -0.364 e. The quantitative estimate of drug-likeness (QED) is 0.883. The minimum atomic E-state index is -0.0704. The van der Waals surface area contributed by atoms with Gasteiger partial charge in [-0.1, -0.05) is 32.0 Å². The third-order valence-corrected chi connectivity index (χ3v) is 3.23. The topological polar surface area (TPSA) is 62.7 Å². The summed E-state index contributed by atoms with van der Waals surface area (Å²) in [5.41, 5.74) is 3.41. The van der Waals surface area contributed by atoms with Crippen molar-refractivity contribution in [3.8, 4) is 0 Å². The van der Waals surface area contributed by atoms with Crippen molar-refractivity contribution >= 4 is 17.5 Å². The van der Waals surface area contributed by atoms with Gasteiger partial charge in [0.05, 0.1) is 6.20 Å². The van der Waals surface area contributed by atoms with Gasteiger partial charge in [-0.2, -0.15) is 10.1 Å². The van der Waals surface area contributed by atoms with Gasteiger partial charge >= 0.3 is 0 Å². The molecule has 1 aromatic carbocycles. The Bertz CT molecular complexity index is 644. The van der Waals surface area contributed by atoms with Crippen LogP contribution in [0.25, 0.3) is 0 Å². The van der Waals surface area contributed by atoms with Crippen molar-refractivity contribution in [2.24, 2.45) is 0 Å². The van der Waals surface area contributed by atoms with E-state index in [1.54, 1.807) is 6.20 Å². The van der Waals surface area contributed by atoms with E-state index in [2.05, 4.69) is 85.6 Å². The van der Waals surface area contributed by atoms with Crippen molar-refractivity contribution in [1.82, 2.24) is 15.2 Å². The lowest BCUT2D eigenvalue weighted by atomic mass is 9.98. The zero-order valence-electron chi connectivity index (χ0n) is 14.2. The van der Waals surface area contributed by atoms with E-state index in [1.807, 2.05) is 0 Å². The summed E-state index contributed by atoms with van der Waals surface area (Å²) >= 11 is 0. The predicted molar refractivity (Wildman–Crippen MR) is 91.8 cm³/mol. The van der Waals surface area contributed by atoms with Gasteiger partial charge in [-0.25, -0.2) is 0 Å². The Hall–Kier alpha value is -2.17. The third-order valence-electron chi connectivity index (χ3n) is 3.23. The Morgan fingerprint density at radius 3 is 2.50 bits per heavy atom. The molecule has 0 aliphatic heterocycles. The SMILES string of the molecule is Cc1cccc(C(C)C)c1Nc1nncc(NC(C)(C)C)n1. The highest BCUT2D eigenvalue weighted by Crippen LogP contribution is 2.29. The molecule has 0 unspecified atom stereocenters. The molecule has 1 heterocycles. The van der Waals surface area contributed by atoms with E-state index in [0.29, 0.717) is 17.7 Å². The molecule has 0 fully saturated rings. The number of benzene rings is 1. The Morgan fingerprint density at radius 2 is 1.86 bits per heavy atom. The summed E-state index contributed by atoms with van der Waals surface area (Å²) in [5, 5.41) is 14.8. The minimum absolute atomic E-state index is 0.0704. The van der Waals surface area contributed by atoms with Gasteiger partial charge in [0.1, 0.15) is 0 Å². The van der Waals surface area contributed by atoms with Gasteiger partial charge in [-0.15, -0.1) is 5.10 Å². The summed E-state index contributed by atoms with van der Waals surface area (Å²) in [6.45, 7) is 12.7. The Morgan fingerprint density at radius 1 is 1.14 bits per heavy atom. The lowest BCUT2D eigenvalue weighted by Gasteiger charge is -2.21. The summed E-state index contributed by atoms with van der Waals surface area (Å²) in [6.07, 6.45) is 1.64. The zero-order chi connectivity index (χ0) is 16.3. The molecule has 0 aliphatic rings. The highest BCUT2D eigenvalue weighted by molar-refractivity contribution is 5.64. The number of hydrogen-bond donors (Lipinski definition) is 2. The van der Waals surface area contributed by atoms with E-state index in [0.717, 1.165) is 5.69 Å². The molecule has 22 heavy (non-hydrogen) atoms. The van der Waals surface area contributed by atoms with E-state index in [9.17, 15) is 0 Å². The summed E-state index contributed by atoms with van der Waals surface area (Å²) < 4.78 is 0. The third kappa shape index (κ3) is 4.16. The van der Waals surface area contributed by atoms with Gasteiger partial charge in [-0.05, 0) is 44.7 Å². The molecule has 0 atom stereocenters. The molecule has 0 spiro atoms. The Balaban J connectivity index is 2.30. The van der Waals surface area contributed by atoms with Crippen molar-refractivity contribution < 1.29 is 0 Å². The van der Waals surface area contributed by atoms with E-state index >= 15 is 0 Å². The van der Waals surface area contributed by atoms with E-state index < -0.39 is 0 Å². The summed E-state index contributed by atoms with van der Waals surface area (Å²) in [6, 6.07) is 6.29. The molecular weight excluding hydrogens is 274 g/mol. The van der Waals surface area contributed by atoms with Gasteiger partial charge in [0.2, 0.25) is 5.95 Å². The van der Waals surface area contributed by atoms with Crippen molar-refractivity contribution in [2.45, 2.75) is 53.0 Å². The lowest BCUT2D eigenvalue weighted by Crippen LogP contribution is -2.27. The van der Waals surface area contributed by atoms with Gasteiger partial charge in [0, 0.05) is 11.2 Å². The molecule has 0 saturated carbocycles. The average molecular weight is 299 g/mol. The first-order valence-corrected chi connectivity index (χ1v) is 7.61. The Kier molecular flexibility index (Phi) is 4.64. The first-order chi connectivity index (χ1) is 10.3. The summed E-state index contributed by atoms with van der Waals surface area (Å²) in [7, 11) is 0. The van der Waals surface area contributed by atoms with Crippen molar-refractivity contribution in [2.75, 3.05) is 10.6 Å². The number of rotatable bonds is 4. The standard InChI is InChI=1S/C17H25N5/c1-11(2)13-9-7-8-12(3)15(13)20-16-19-14(10-18-22-16)21-17(4,5)6/h7-11H,1-6H3,(H2,19,20,21,22). The number of hydrogen-bond acceptors (Lipinski definition) is 5. The molecule has 0 bridgehead atoms. The van der Waals surface area contributed by atoms with Crippen LogP contribution in [0, 0.1) is 6.92 Å². The number of nitrogens with one attached hydrogen (secondary N) is 2. The molecule has 0 radical (unpaired) electrons. The van der Waals surface area contributed by atoms with E-state index in [1.165, 1.54) is 11.1 Å². The fraction of sp³-hybridized carbons (Fsp3) is 0.471. The molecule has 2 rings (SSSR count). The smallest absolute Gasteiger partial charge is 0.249 e. The van der Waals surface area contributed by atoms with Crippen LogP contribution in [-0.4, -0.2) is 20.7 Å². The van der Waals surface area contributed by atoms with Crippen LogP contribution < -0.4 is 10.6 Å². The van der Waals surface area contributed by atoms with Crippen LogP contribution >= 0.6 is 0 Å². The second-order valence-corrected chi connectivity index (χ2v) is 6.86. The first-order valence-electron chi connectivity index (χ1n) is 7.61. The normalized spacial score (nSPS) is 11.6. The van der Waals surface area contributed by atoms with E-state index in [4.69, 9.17) is 0 Å². The maximum absolute atomic E-state index is 4.50. The molecule has 1 aromatic heterocycles. The van der Waals surface area contributed by atoms with Gasteiger partial charge in [0.25, 0.3) is 0 Å². The zero-order valence-corrected chi connectivity index (χ0v) is 14.2. The predicted octanol–water partition coefficient (Wildman–Crippen LogP) is 4.26. The lowest BCUT2D eigenvalue weighted by molar-refractivity contribution is 0.629. The van der Waals surface area contributed by atoms with Crippen LogP contribution in [0.3, 0.4) is 0 Å². The summed E-state index contributed by atoms with van der Waals surface area (Å²) in [4.78, 5) is 4.50. The van der Waals surface area contributed by atoms with Crippen LogP contribution in [0.1, 0.15) is 51.7 Å². The molecule has 0 saturated heterocycles. The molecule has 5 heteroatoms. The van der Waals surface area contributed by atoms with Crippen molar-refractivity contribution in [3.63, 3.8) is 0 Å². The molecule has 0 aliphatic carbocycles. The highest BCUT2D eigenvalue weighted by atomic mass is 15.3. The fourth-order valence-corrected chi connectivity index (χ4v) is 2.26. The van der Waals surface area contributed by atoms with Crippen LogP contribution in [0.4, 0.5) is 17.5 Å². The monoisotopic (exact) mass is 299 g/mol. The van der Waals surface area contributed by atoms with E-state index in [-0.39, 0.29) is 5.54 Å². The number of aryl methyl sites for hydroxylation is 1. The van der Waals surface area contributed by atoms with Gasteiger partial charge in [-0.3, -0.25) is 0 Å². The maximum atomic E-state index is 4.50. The number of anilines is 3. The molecular formula is C17H25N5. The molecule has 0 amide bonds. The van der Waals surface area contributed by atoms with Crippen LogP contribution in [-0.2, 0) is 0 Å². The Labute approximate surface area is 132 Å². The maximum Gasteiger partial charge on any atom is 0.249 e. The molecule has 2 aromatic rings. The van der Waals surface area contributed by atoms with Crippen LogP contribution in [0.5, 0.6) is 0 Å². The second-order valence-electron chi connectivity index (χ2n) is 6.86.